The summed E-state index contributed by atoms with van der Waals surface area (Å²) in [5.74, 6) is 0.0982. The number of para-hydroxylation sites is 1. The fraction of sp³-hybridized carbons (Fsp3) is 0.304. The van der Waals surface area contributed by atoms with Crippen molar-refractivity contribution in [2.45, 2.75) is 39.2 Å². The van der Waals surface area contributed by atoms with Gasteiger partial charge in [-0.1, -0.05) is 25.1 Å². The highest BCUT2D eigenvalue weighted by molar-refractivity contribution is 6.01. The van der Waals surface area contributed by atoms with E-state index in [1.165, 1.54) is 0 Å². The summed E-state index contributed by atoms with van der Waals surface area (Å²) in [5, 5.41) is 4.03. The predicted molar refractivity (Wildman–Crippen MR) is 113 cm³/mol. The number of anilines is 1. The zero-order valence-corrected chi connectivity index (χ0v) is 16.5. The summed E-state index contributed by atoms with van der Waals surface area (Å²) in [6, 6.07) is 13.7. The van der Waals surface area contributed by atoms with E-state index in [0.29, 0.717) is 24.0 Å². The molecule has 5 nitrogen and oxygen atoms in total. The summed E-state index contributed by atoms with van der Waals surface area (Å²) in [5.41, 5.74) is 4.33. The molecule has 1 amide bonds. The van der Waals surface area contributed by atoms with Crippen molar-refractivity contribution in [3.05, 3.63) is 75.6 Å². The Morgan fingerprint density at radius 2 is 1.86 bits per heavy atom. The third-order valence-electron chi connectivity index (χ3n) is 5.53. The largest absolute Gasteiger partial charge is 0.367 e. The van der Waals surface area contributed by atoms with Crippen LogP contribution in [0.3, 0.4) is 0 Å². The predicted octanol–water partition coefficient (Wildman–Crippen LogP) is 4.11. The molecule has 0 bridgehead atoms. The molecule has 0 saturated carbocycles. The Kier molecular flexibility index (Phi) is 4.67. The molecule has 0 fully saturated rings. The summed E-state index contributed by atoms with van der Waals surface area (Å²) < 4.78 is 0. The van der Waals surface area contributed by atoms with Gasteiger partial charge < -0.3 is 15.2 Å². The number of nitrogens with one attached hydrogen (secondary N) is 2. The number of nitrogens with zero attached hydrogens (tertiary/aromatic N) is 1. The summed E-state index contributed by atoms with van der Waals surface area (Å²) in [6.07, 6.45) is 2.52. The molecule has 1 unspecified atom stereocenters. The van der Waals surface area contributed by atoms with Crippen molar-refractivity contribution in [3.8, 4) is 0 Å². The van der Waals surface area contributed by atoms with Crippen molar-refractivity contribution in [1.29, 1.82) is 0 Å². The molecule has 28 heavy (non-hydrogen) atoms. The van der Waals surface area contributed by atoms with Gasteiger partial charge in [0.05, 0.1) is 12.2 Å². The average Bonchev–Trinajstić information content (AvgIpc) is 2.69. The van der Waals surface area contributed by atoms with Crippen LogP contribution in [0.15, 0.2) is 53.5 Å². The molecular formula is C23H25N3O2. The minimum absolute atomic E-state index is 0.0410. The lowest BCUT2D eigenvalue weighted by Crippen LogP contribution is -2.44. The number of hydrogen-bond acceptors (Lipinski definition) is 3. The Morgan fingerprint density at radius 3 is 2.64 bits per heavy atom. The number of H-pyrrole nitrogens is 1. The molecular weight excluding hydrogens is 350 g/mol. The first kappa shape index (κ1) is 18.3. The maximum absolute atomic E-state index is 12.9. The number of hydrogen-bond donors (Lipinski definition) is 2. The Balaban J connectivity index is 1.63. The van der Waals surface area contributed by atoms with Crippen LogP contribution in [0.5, 0.6) is 0 Å². The number of carbonyl (C=O) groups excluding carboxylic acids is 1. The smallest absolute Gasteiger partial charge is 0.257 e. The van der Waals surface area contributed by atoms with Gasteiger partial charge >= 0.3 is 0 Å². The number of benzene rings is 2. The van der Waals surface area contributed by atoms with Gasteiger partial charge in [-0.2, -0.15) is 0 Å². The van der Waals surface area contributed by atoms with Crippen LogP contribution in [0.25, 0.3) is 10.9 Å². The van der Waals surface area contributed by atoms with Gasteiger partial charge in [-0.25, -0.2) is 0 Å². The normalized spacial score (nSPS) is 14.9. The van der Waals surface area contributed by atoms with E-state index in [4.69, 9.17) is 0 Å². The van der Waals surface area contributed by atoms with Gasteiger partial charge in [-0.3, -0.25) is 9.59 Å². The number of amides is 1. The van der Waals surface area contributed by atoms with E-state index in [-0.39, 0.29) is 23.3 Å². The lowest BCUT2D eigenvalue weighted by Gasteiger charge is -2.33. The average molecular weight is 375 g/mol. The van der Waals surface area contributed by atoms with Gasteiger partial charge in [0.2, 0.25) is 0 Å². The number of pyridine rings is 1. The molecule has 0 aliphatic carbocycles. The lowest BCUT2D eigenvalue weighted by molar-refractivity contribution is 0.0710. The van der Waals surface area contributed by atoms with Crippen LogP contribution in [0.2, 0.25) is 0 Å². The monoisotopic (exact) mass is 375 g/mol. The Hall–Kier alpha value is -3.08. The van der Waals surface area contributed by atoms with Crippen LogP contribution in [0.1, 0.15) is 48.2 Å². The van der Waals surface area contributed by atoms with E-state index in [1.807, 2.05) is 67.4 Å². The molecule has 2 heterocycles. The van der Waals surface area contributed by atoms with E-state index >= 15 is 0 Å². The van der Waals surface area contributed by atoms with E-state index in [2.05, 4.69) is 17.2 Å². The zero-order valence-electron chi connectivity index (χ0n) is 16.5. The van der Waals surface area contributed by atoms with Crippen LogP contribution in [0, 0.1) is 0 Å². The molecule has 4 rings (SSSR count). The van der Waals surface area contributed by atoms with Gasteiger partial charge in [-0.05, 0) is 56.0 Å². The van der Waals surface area contributed by atoms with Gasteiger partial charge in [0.1, 0.15) is 0 Å². The number of carbonyl (C=O) groups is 1. The topological polar surface area (TPSA) is 65.2 Å². The van der Waals surface area contributed by atoms with Crippen molar-refractivity contribution in [2.24, 2.45) is 0 Å². The third kappa shape index (κ3) is 3.17. The molecule has 2 aromatic carbocycles. The molecule has 0 saturated heterocycles. The Bertz CT molecular complexity index is 1100. The number of rotatable bonds is 4. The molecule has 5 heteroatoms. The van der Waals surface area contributed by atoms with Crippen molar-refractivity contribution in [1.82, 2.24) is 9.88 Å². The first-order valence-electron chi connectivity index (χ1n) is 9.74. The third-order valence-corrected chi connectivity index (χ3v) is 5.53. The molecule has 144 valence electrons. The lowest BCUT2D eigenvalue weighted by atomic mass is 9.92. The second-order valence-corrected chi connectivity index (χ2v) is 7.81. The van der Waals surface area contributed by atoms with Crippen LogP contribution in [-0.2, 0) is 6.42 Å². The molecule has 3 aromatic rings. The van der Waals surface area contributed by atoms with Crippen molar-refractivity contribution >= 4 is 22.5 Å². The first-order chi connectivity index (χ1) is 13.5. The van der Waals surface area contributed by atoms with E-state index in [0.717, 1.165) is 22.3 Å². The van der Waals surface area contributed by atoms with Crippen LogP contribution in [-0.4, -0.2) is 28.5 Å². The second-order valence-electron chi connectivity index (χ2n) is 7.81. The Morgan fingerprint density at radius 1 is 1.07 bits per heavy atom. The fourth-order valence-electron chi connectivity index (χ4n) is 3.88. The van der Waals surface area contributed by atoms with Crippen molar-refractivity contribution in [3.63, 3.8) is 0 Å². The van der Waals surface area contributed by atoms with Gasteiger partial charge in [0.25, 0.3) is 5.91 Å². The molecule has 2 N–H and O–H groups in total. The molecule has 1 aliphatic rings. The van der Waals surface area contributed by atoms with Gasteiger partial charge in [0, 0.05) is 34.4 Å². The van der Waals surface area contributed by atoms with E-state index in [9.17, 15) is 9.59 Å². The maximum Gasteiger partial charge on any atom is 0.257 e. The van der Waals surface area contributed by atoms with Crippen LogP contribution in [0.4, 0.5) is 5.69 Å². The van der Waals surface area contributed by atoms with E-state index in [1.54, 1.807) is 0 Å². The number of aromatic nitrogens is 1. The standard InChI is InChI=1S/C23H25N3O2/c1-14(2)26-13-25-21-9-8-16(11-18(21)23(26)28)10-15(3)19-12-24-20-7-5-4-6-17(20)22(19)27/h4-9,11-12,14-15,25H,10,13H2,1-3H3,(H,24,27). The quantitative estimate of drug-likeness (QED) is 0.721. The maximum atomic E-state index is 12.9. The number of fused-ring (bicyclic) bond motifs is 2. The molecule has 0 spiro atoms. The SMILES string of the molecule is CC(Cc1ccc2c(c1)C(=O)N(C(C)C)CN2)c1c[nH]c2ccccc2c1=O. The van der Waals surface area contributed by atoms with Crippen LogP contribution < -0.4 is 10.7 Å². The zero-order chi connectivity index (χ0) is 19.8. The minimum Gasteiger partial charge on any atom is -0.367 e. The molecule has 1 atom stereocenters. The summed E-state index contributed by atoms with van der Waals surface area (Å²) in [4.78, 5) is 30.7. The molecule has 0 radical (unpaired) electrons. The highest BCUT2D eigenvalue weighted by Crippen LogP contribution is 2.27. The minimum atomic E-state index is 0.0410. The van der Waals surface area contributed by atoms with Gasteiger partial charge in [0.15, 0.2) is 5.43 Å². The highest BCUT2D eigenvalue weighted by Gasteiger charge is 2.26. The fourth-order valence-corrected chi connectivity index (χ4v) is 3.88. The van der Waals surface area contributed by atoms with Crippen LogP contribution >= 0.6 is 0 Å². The summed E-state index contributed by atoms with van der Waals surface area (Å²) >= 11 is 0. The van der Waals surface area contributed by atoms with Crippen molar-refractivity contribution in [2.75, 3.05) is 12.0 Å². The first-order valence-corrected chi connectivity index (χ1v) is 9.74. The summed E-state index contributed by atoms with van der Waals surface area (Å²) in [7, 11) is 0. The molecule has 1 aromatic heterocycles. The highest BCUT2D eigenvalue weighted by atomic mass is 16.2. The van der Waals surface area contributed by atoms with Gasteiger partial charge in [-0.15, -0.1) is 0 Å². The molecule has 1 aliphatic heterocycles. The Labute approximate surface area is 164 Å². The second kappa shape index (κ2) is 7.15. The summed E-state index contributed by atoms with van der Waals surface area (Å²) in [6.45, 7) is 6.62. The van der Waals surface area contributed by atoms with E-state index < -0.39 is 0 Å². The van der Waals surface area contributed by atoms with Crippen molar-refractivity contribution < 1.29 is 4.79 Å². The number of aromatic amines is 1.